The maximum absolute atomic E-state index is 5.74. The predicted octanol–water partition coefficient (Wildman–Crippen LogP) is 2.26. The molecule has 1 atom stereocenters. The summed E-state index contributed by atoms with van der Waals surface area (Å²) in [5.41, 5.74) is 5.98. The normalized spacial score (nSPS) is 14.1. The molecule has 0 saturated heterocycles. The minimum Gasteiger partial charge on any atom is -1.00 e. The fraction of sp³-hybridized carbons (Fsp3) is 0.222. The smallest absolute Gasteiger partial charge is 0.231 e. The van der Waals surface area contributed by atoms with Crippen LogP contribution in [-0.4, -0.2) is 13.9 Å². The van der Waals surface area contributed by atoms with E-state index in [1.165, 1.54) is 27.8 Å². The highest BCUT2D eigenvalue weighted by Gasteiger charge is 2.28. The lowest BCUT2D eigenvalue weighted by Gasteiger charge is -2.21. The van der Waals surface area contributed by atoms with E-state index in [1.807, 2.05) is 12.1 Å². The van der Waals surface area contributed by atoms with Gasteiger partial charge in [-0.2, -0.15) is 4.57 Å². The number of hydrogen-bond donors (Lipinski definition) is 1. The summed E-state index contributed by atoms with van der Waals surface area (Å²) in [5.74, 6) is 2.52. The maximum Gasteiger partial charge on any atom is 0.231 e. The van der Waals surface area contributed by atoms with E-state index in [0.29, 0.717) is 6.79 Å². The van der Waals surface area contributed by atoms with Gasteiger partial charge < -0.3 is 31.9 Å². The van der Waals surface area contributed by atoms with Crippen LogP contribution >= 0.6 is 0 Å². The Kier molecular flexibility index (Phi) is 5.51. The van der Waals surface area contributed by atoms with Crippen LogP contribution < -0.4 is 36.5 Å². The molecule has 6 rings (SSSR count). The minimum atomic E-state index is 0. The van der Waals surface area contributed by atoms with E-state index in [9.17, 15) is 0 Å². The van der Waals surface area contributed by atoms with Crippen LogP contribution in [0.2, 0.25) is 0 Å². The highest BCUT2D eigenvalue weighted by Crippen LogP contribution is 2.41. The van der Waals surface area contributed by atoms with Gasteiger partial charge in [0.05, 0.1) is 23.7 Å². The van der Waals surface area contributed by atoms with Gasteiger partial charge in [0, 0.05) is 18.5 Å². The zero-order valence-corrected chi connectivity index (χ0v) is 19.4. The Labute approximate surface area is 199 Å². The standard InChI is InChI=1S/C27H24N2O3.ClH/c1-17(18-6-4-3-5-7-18)28-27-22-15-29-11-10-20-13-25-26(32-16-31-25)14-21(20)23(29)12-19(22)8-9-24(27)30-2;/h3-9,12-15,17H,10-11,16H2,1-2H3;1H. The number of hydrogen-bond acceptors (Lipinski definition) is 4. The molecule has 1 unspecified atom stereocenters. The van der Waals surface area contributed by atoms with Gasteiger partial charge >= 0.3 is 0 Å². The topological polar surface area (TPSA) is 43.6 Å². The zero-order valence-electron chi connectivity index (χ0n) is 18.6. The number of anilines is 1. The van der Waals surface area contributed by atoms with Gasteiger partial charge in [-0.15, -0.1) is 0 Å². The maximum atomic E-state index is 5.74. The van der Waals surface area contributed by atoms with Crippen LogP contribution in [0.5, 0.6) is 17.2 Å². The molecule has 4 aromatic rings. The van der Waals surface area contributed by atoms with Crippen molar-refractivity contribution in [3.8, 4) is 28.5 Å². The van der Waals surface area contributed by atoms with E-state index in [0.717, 1.165) is 41.3 Å². The summed E-state index contributed by atoms with van der Waals surface area (Å²) in [5, 5.41) is 6.03. The van der Waals surface area contributed by atoms with Crippen molar-refractivity contribution in [2.75, 3.05) is 19.2 Å². The molecule has 33 heavy (non-hydrogen) atoms. The fourth-order valence-corrected chi connectivity index (χ4v) is 4.78. The van der Waals surface area contributed by atoms with E-state index in [1.54, 1.807) is 7.11 Å². The fourth-order valence-electron chi connectivity index (χ4n) is 4.78. The first-order valence-electron chi connectivity index (χ1n) is 11.0. The highest BCUT2D eigenvalue weighted by molar-refractivity contribution is 5.97. The summed E-state index contributed by atoms with van der Waals surface area (Å²) in [4.78, 5) is 0. The highest BCUT2D eigenvalue weighted by atomic mass is 35.5. The third kappa shape index (κ3) is 3.62. The number of halogens is 1. The first-order chi connectivity index (χ1) is 15.7. The molecule has 1 aromatic heterocycles. The predicted molar refractivity (Wildman–Crippen MR) is 124 cm³/mol. The van der Waals surface area contributed by atoms with Gasteiger partial charge in [0.25, 0.3) is 0 Å². The third-order valence-electron chi connectivity index (χ3n) is 6.50. The molecule has 0 bridgehead atoms. The first kappa shape index (κ1) is 21.4. The largest absolute Gasteiger partial charge is 1.00 e. The summed E-state index contributed by atoms with van der Waals surface area (Å²) in [6.45, 7) is 3.39. The summed E-state index contributed by atoms with van der Waals surface area (Å²) in [7, 11) is 1.73. The molecule has 0 saturated carbocycles. The van der Waals surface area contributed by atoms with Crippen LogP contribution in [-0.2, 0) is 13.0 Å². The Morgan fingerprint density at radius 3 is 2.58 bits per heavy atom. The van der Waals surface area contributed by atoms with Gasteiger partial charge in [-0.25, -0.2) is 0 Å². The quantitative estimate of drug-likeness (QED) is 0.474. The number of pyridine rings is 1. The number of benzene rings is 3. The summed E-state index contributed by atoms with van der Waals surface area (Å²) >= 11 is 0. The number of ether oxygens (including phenoxy) is 3. The average Bonchev–Trinajstić information content (AvgIpc) is 3.30. The number of nitrogens with zero attached hydrogens (tertiary/aromatic N) is 1. The second kappa shape index (κ2) is 8.49. The molecule has 168 valence electrons. The lowest BCUT2D eigenvalue weighted by Crippen LogP contribution is -3.00. The number of methoxy groups -OCH3 is 1. The number of nitrogens with one attached hydrogen (secondary N) is 1. The Morgan fingerprint density at radius 2 is 1.79 bits per heavy atom. The number of aromatic nitrogens is 1. The van der Waals surface area contributed by atoms with Gasteiger partial charge in [-0.3, -0.25) is 0 Å². The van der Waals surface area contributed by atoms with Crippen molar-refractivity contribution < 1.29 is 31.2 Å². The van der Waals surface area contributed by atoms with Gasteiger partial charge in [-0.1, -0.05) is 36.4 Å². The lowest BCUT2D eigenvalue weighted by molar-refractivity contribution is -0.686. The van der Waals surface area contributed by atoms with Crippen molar-refractivity contribution in [2.24, 2.45) is 0 Å². The van der Waals surface area contributed by atoms with Crippen LogP contribution in [0.3, 0.4) is 0 Å². The van der Waals surface area contributed by atoms with Crippen LogP contribution in [0, 0.1) is 0 Å². The van der Waals surface area contributed by atoms with E-state index >= 15 is 0 Å². The molecule has 1 N–H and O–H groups in total. The molecule has 0 radical (unpaired) electrons. The van der Waals surface area contributed by atoms with Crippen molar-refractivity contribution in [1.82, 2.24) is 0 Å². The van der Waals surface area contributed by atoms with Crippen LogP contribution in [0.25, 0.3) is 22.0 Å². The Morgan fingerprint density at radius 1 is 1.00 bits per heavy atom. The average molecular weight is 461 g/mol. The molecule has 5 nitrogen and oxygen atoms in total. The van der Waals surface area contributed by atoms with Gasteiger partial charge in [0.2, 0.25) is 12.5 Å². The van der Waals surface area contributed by atoms with Gasteiger partial charge in [0.15, 0.2) is 24.2 Å². The second-order valence-electron chi connectivity index (χ2n) is 8.39. The summed E-state index contributed by atoms with van der Waals surface area (Å²) < 4.78 is 19.3. The molecular formula is C27H25ClN2O3. The minimum absolute atomic E-state index is 0. The van der Waals surface area contributed by atoms with E-state index in [-0.39, 0.29) is 18.4 Å². The van der Waals surface area contributed by atoms with Crippen LogP contribution in [0.1, 0.15) is 24.1 Å². The molecule has 0 aliphatic carbocycles. The van der Waals surface area contributed by atoms with Crippen molar-refractivity contribution >= 4 is 16.5 Å². The third-order valence-corrected chi connectivity index (χ3v) is 6.50. The van der Waals surface area contributed by atoms with Crippen molar-refractivity contribution in [3.05, 3.63) is 78.0 Å². The Balaban J connectivity index is 0.00000228. The molecule has 3 aromatic carbocycles. The van der Waals surface area contributed by atoms with Crippen LogP contribution in [0.4, 0.5) is 5.69 Å². The number of rotatable bonds is 4. The van der Waals surface area contributed by atoms with E-state index in [2.05, 4.69) is 71.5 Å². The second-order valence-corrected chi connectivity index (χ2v) is 8.39. The number of aryl methyl sites for hydroxylation is 2. The molecule has 3 heterocycles. The molecule has 0 fully saturated rings. The molecule has 0 amide bonds. The summed E-state index contributed by atoms with van der Waals surface area (Å²) in [6.07, 6.45) is 3.21. The lowest BCUT2D eigenvalue weighted by atomic mass is 9.95. The molecule has 2 aliphatic heterocycles. The molecular weight excluding hydrogens is 436 g/mol. The zero-order chi connectivity index (χ0) is 21.7. The summed E-state index contributed by atoms with van der Waals surface area (Å²) in [6, 6.07) is 21.3. The van der Waals surface area contributed by atoms with Crippen molar-refractivity contribution in [3.63, 3.8) is 0 Å². The SMILES string of the molecule is COc1ccc2cc3[n+](cc2c1NC(C)c1ccccc1)CCc1cc2c(cc1-3)OCO2.[Cl-]. The van der Waals surface area contributed by atoms with Crippen molar-refractivity contribution in [1.29, 1.82) is 0 Å². The molecule has 6 heteroatoms. The van der Waals surface area contributed by atoms with E-state index in [4.69, 9.17) is 14.2 Å². The van der Waals surface area contributed by atoms with Crippen molar-refractivity contribution in [2.45, 2.75) is 25.9 Å². The number of fused-ring (bicyclic) bond motifs is 5. The first-order valence-corrected chi connectivity index (χ1v) is 11.0. The Bertz CT molecular complexity index is 1340. The van der Waals surface area contributed by atoms with Crippen LogP contribution in [0.15, 0.2) is 66.9 Å². The van der Waals surface area contributed by atoms with Gasteiger partial charge in [0.1, 0.15) is 5.75 Å². The van der Waals surface area contributed by atoms with Gasteiger partial charge in [-0.05, 0) is 41.6 Å². The Hall–Kier alpha value is -3.44. The molecule has 2 aliphatic rings. The molecule has 0 spiro atoms. The van der Waals surface area contributed by atoms with E-state index < -0.39 is 0 Å². The monoisotopic (exact) mass is 460 g/mol.